The van der Waals surface area contributed by atoms with Gasteiger partial charge in [-0.3, -0.25) is 4.98 Å². The van der Waals surface area contributed by atoms with Crippen molar-refractivity contribution in [2.24, 2.45) is 0 Å². The fourth-order valence-electron chi connectivity index (χ4n) is 1.48. The summed E-state index contributed by atoms with van der Waals surface area (Å²) in [6.45, 7) is 0. The van der Waals surface area contributed by atoms with Crippen LogP contribution in [0, 0.1) is 0 Å². The summed E-state index contributed by atoms with van der Waals surface area (Å²) in [7, 11) is 1.91. The summed E-state index contributed by atoms with van der Waals surface area (Å²) in [5, 5.41) is 5.98. The molecule has 0 aromatic carbocycles. The minimum atomic E-state index is 0.0821. The second-order valence-corrected chi connectivity index (χ2v) is 4.49. The van der Waals surface area contributed by atoms with Gasteiger partial charge in [0.1, 0.15) is 0 Å². The monoisotopic (exact) mass is 238 g/mol. The van der Waals surface area contributed by atoms with Crippen molar-refractivity contribution in [2.45, 2.75) is 6.04 Å². The second-order valence-electron chi connectivity index (χ2n) is 3.11. The van der Waals surface area contributed by atoms with Crippen LogP contribution in [0.25, 0.3) is 0 Å². The Balaban J connectivity index is 2.40. The number of nitrogens with one attached hydrogen (secondary N) is 1. The lowest BCUT2D eigenvalue weighted by Crippen LogP contribution is -2.18. The van der Waals surface area contributed by atoms with E-state index in [1.165, 1.54) is 4.88 Å². The number of halogens is 1. The molecule has 0 aliphatic carbocycles. The molecule has 1 atom stereocenters. The van der Waals surface area contributed by atoms with Crippen molar-refractivity contribution >= 4 is 22.9 Å². The van der Waals surface area contributed by atoms with E-state index in [4.69, 9.17) is 11.6 Å². The van der Waals surface area contributed by atoms with Gasteiger partial charge < -0.3 is 5.32 Å². The lowest BCUT2D eigenvalue weighted by molar-refractivity contribution is 0.682. The minimum absolute atomic E-state index is 0.0821. The third-order valence-corrected chi connectivity index (χ3v) is 3.43. The van der Waals surface area contributed by atoms with Gasteiger partial charge in [0.2, 0.25) is 0 Å². The van der Waals surface area contributed by atoms with Crippen molar-refractivity contribution in [3.63, 3.8) is 0 Å². The summed E-state index contributed by atoms with van der Waals surface area (Å²) in [4.78, 5) is 5.54. The molecular weight excluding hydrogens is 228 g/mol. The van der Waals surface area contributed by atoms with Gasteiger partial charge in [-0.15, -0.1) is 11.3 Å². The van der Waals surface area contributed by atoms with Gasteiger partial charge in [-0.25, -0.2) is 0 Å². The van der Waals surface area contributed by atoms with Crippen molar-refractivity contribution < 1.29 is 0 Å². The van der Waals surface area contributed by atoms with Crippen LogP contribution in [0.15, 0.2) is 35.8 Å². The number of hydrogen-bond acceptors (Lipinski definition) is 3. The number of rotatable bonds is 3. The van der Waals surface area contributed by atoms with E-state index < -0.39 is 0 Å². The molecule has 0 radical (unpaired) electrons. The summed E-state index contributed by atoms with van der Waals surface area (Å²) in [6, 6.07) is 7.89. The van der Waals surface area contributed by atoms with Crippen LogP contribution in [-0.4, -0.2) is 12.0 Å². The maximum absolute atomic E-state index is 6.12. The van der Waals surface area contributed by atoms with Crippen LogP contribution < -0.4 is 5.32 Å². The van der Waals surface area contributed by atoms with Crippen LogP contribution in [0.5, 0.6) is 0 Å². The molecule has 1 N–H and O–H groups in total. The predicted octanol–water partition coefficient (Wildman–Crippen LogP) is 3.11. The number of hydrogen-bond donors (Lipinski definition) is 1. The molecule has 2 aromatic rings. The van der Waals surface area contributed by atoms with Crippen LogP contribution in [0.3, 0.4) is 0 Å². The zero-order valence-electron chi connectivity index (χ0n) is 8.27. The number of thiophene rings is 1. The van der Waals surface area contributed by atoms with E-state index in [1.54, 1.807) is 17.5 Å². The van der Waals surface area contributed by atoms with Crippen LogP contribution >= 0.6 is 22.9 Å². The van der Waals surface area contributed by atoms with Gasteiger partial charge in [-0.05, 0) is 30.6 Å². The first-order valence-electron chi connectivity index (χ1n) is 4.64. The normalized spacial score (nSPS) is 12.7. The molecule has 0 fully saturated rings. The first-order chi connectivity index (χ1) is 7.33. The second kappa shape index (κ2) is 4.75. The van der Waals surface area contributed by atoms with Crippen LogP contribution in [0.2, 0.25) is 5.02 Å². The molecule has 4 heteroatoms. The van der Waals surface area contributed by atoms with Crippen molar-refractivity contribution in [1.29, 1.82) is 0 Å². The average molecular weight is 239 g/mol. The average Bonchev–Trinajstić information content (AvgIpc) is 2.75. The summed E-state index contributed by atoms with van der Waals surface area (Å²) in [5.74, 6) is 0. The largest absolute Gasteiger partial charge is 0.307 e. The van der Waals surface area contributed by atoms with Gasteiger partial charge in [0, 0.05) is 11.1 Å². The molecule has 0 amide bonds. The molecular formula is C11H11ClN2S. The Morgan fingerprint density at radius 1 is 1.40 bits per heavy atom. The van der Waals surface area contributed by atoms with Crippen LogP contribution in [-0.2, 0) is 0 Å². The SMILES string of the molecule is CNC(c1cccs1)c1ncccc1Cl. The summed E-state index contributed by atoms with van der Waals surface area (Å²) >= 11 is 7.81. The summed E-state index contributed by atoms with van der Waals surface area (Å²) < 4.78 is 0. The number of aromatic nitrogens is 1. The Morgan fingerprint density at radius 2 is 2.27 bits per heavy atom. The topological polar surface area (TPSA) is 24.9 Å². The smallest absolute Gasteiger partial charge is 0.0857 e. The highest BCUT2D eigenvalue weighted by Gasteiger charge is 2.16. The highest BCUT2D eigenvalue weighted by molar-refractivity contribution is 7.10. The van der Waals surface area contributed by atoms with E-state index in [0.29, 0.717) is 5.02 Å². The van der Waals surface area contributed by atoms with E-state index in [-0.39, 0.29) is 6.04 Å². The highest BCUT2D eigenvalue weighted by atomic mass is 35.5. The molecule has 0 aliphatic rings. The fraction of sp³-hybridized carbons (Fsp3) is 0.182. The molecule has 0 spiro atoms. The van der Waals surface area contributed by atoms with Crippen LogP contribution in [0.4, 0.5) is 0 Å². The van der Waals surface area contributed by atoms with Crippen molar-refractivity contribution in [3.05, 3.63) is 51.4 Å². The van der Waals surface area contributed by atoms with E-state index in [2.05, 4.69) is 21.7 Å². The first kappa shape index (κ1) is 10.6. The van der Waals surface area contributed by atoms with Gasteiger partial charge in [0.05, 0.1) is 16.8 Å². The standard InChI is InChI=1S/C11H11ClN2S/c1-13-11(9-5-3-7-15-9)10-8(12)4-2-6-14-10/h2-7,11,13H,1H3. The lowest BCUT2D eigenvalue weighted by atomic mass is 10.1. The third-order valence-electron chi connectivity index (χ3n) is 2.18. The molecule has 0 bridgehead atoms. The number of nitrogens with zero attached hydrogens (tertiary/aromatic N) is 1. The zero-order chi connectivity index (χ0) is 10.7. The Hall–Kier alpha value is -0.900. The summed E-state index contributed by atoms with van der Waals surface area (Å²) in [5.41, 5.74) is 0.879. The van der Waals surface area contributed by atoms with Crippen molar-refractivity contribution in [2.75, 3.05) is 7.05 Å². The minimum Gasteiger partial charge on any atom is -0.307 e. The fourth-order valence-corrected chi connectivity index (χ4v) is 2.55. The molecule has 15 heavy (non-hydrogen) atoms. The van der Waals surface area contributed by atoms with E-state index >= 15 is 0 Å². The Labute approximate surface area is 97.9 Å². The van der Waals surface area contributed by atoms with Crippen molar-refractivity contribution in [3.8, 4) is 0 Å². The molecule has 78 valence electrons. The molecule has 2 nitrogen and oxygen atoms in total. The first-order valence-corrected chi connectivity index (χ1v) is 5.89. The molecule has 0 saturated carbocycles. The molecule has 0 saturated heterocycles. The molecule has 0 aliphatic heterocycles. The Bertz CT molecular complexity index is 428. The Morgan fingerprint density at radius 3 is 2.87 bits per heavy atom. The quantitative estimate of drug-likeness (QED) is 0.889. The maximum atomic E-state index is 6.12. The molecule has 2 aromatic heterocycles. The summed E-state index contributed by atoms with van der Waals surface area (Å²) in [6.07, 6.45) is 1.76. The Kier molecular flexibility index (Phi) is 3.36. The third kappa shape index (κ3) is 2.20. The van der Waals surface area contributed by atoms with E-state index in [9.17, 15) is 0 Å². The van der Waals surface area contributed by atoms with E-state index in [1.807, 2.05) is 25.2 Å². The van der Waals surface area contributed by atoms with Crippen molar-refractivity contribution in [1.82, 2.24) is 10.3 Å². The van der Waals surface area contributed by atoms with Gasteiger partial charge in [0.15, 0.2) is 0 Å². The zero-order valence-corrected chi connectivity index (χ0v) is 9.85. The predicted molar refractivity (Wildman–Crippen MR) is 64.5 cm³/mol. The molecule has 1 unspecified atom stereocenters. The molecule has 2 rings (SSSR count). The van der Waals surface area contributed by atoms with Crippen LogP contribution in [0.1, 0.15) is 16.6 Å². The van der Waals surface area contributed by atoms with E-state index in [0.717, 1.165) is 5.69 Å². The maximum Gasteiger partial charge on any atom is 0.0857 e. The van der Waals surface area contributed by atoms with Gasteiger partial charge in [-0.2, -0.15) is 0 Å². The van der Waals surface area contributed by atoms with Gasteiger partial charge >= 0.3 is 0 Å². The van der Waals surface area contributed by atoms with Gasteiger partial charge in [0.25, 0.3) is 0 Å². The lowest BCUT2D eigenvalue weighted by Gasteiger charge is -2.14. The number of pyridine rings is 1. The molecule has 2 heterocycles. The highest BCUT2D eigenvalue weighted by Crippen LogP contribution is 2.28. The van der Waals surface area contributed by atoms with Gasteiger partial charge in [-0.1, -0.05) is 17.7 Å².